The van der Waals surface area contributed by atoms with Crippen LogP contribution in [0.5, 0.6) is 0 Å². The van der Waals surface area contributed by atoms with Crippen LogP contribution in [0.1, 0.15) is 10.5 Å². The van der Waals surface area contributed by atoms with Crippen molar-refractivity contribution in [2.75, 3.05) is 5.73 Å². The van der Waals surface area contributed by atoms with Gasteiger partial charge in [0.2, 0.25) is 0 Å². The standard InChI is InChI=1S/C14H11N3O2/c15-10-6-7-17-11(8-10)12(14(18)19)16-13(17)9-4-2-1-3-5-9/h1-8H,15H2,(H,18,19). The van der Waals surface area contributed by atoms with Gasteiger partial charge >= 0.3 is 5.97 Å². The molecule has 0 unspecified atom stereocenters. The van der Waals surface area contributed by atoms with E-state index in [1.807, 2.05) is 30.3 Å². The number of nitrogens with two attached hydrogens (primary N) is 1. The van der Waals surface area contributed by atoms with E-state index in [0.29, 0.717) is 17.0 Å². The zero-order valence-corrected chi connectivity index (χ0v) is 9.95. The van der Waals surface area contributed by atoms with Crippen molar-refractivity contribution in [3.05, 3.63) is 54.4 Å². The third-order valence-corrected chi connectivity index (χ3v) is 2.90. The molecule has 0 amide bonds. The molecular weight excluding hydrogens is 242 g/mol. The predicted molar refractivity (Wildman–Crippen MR) is 72.0 cm³/mol. The molecule has 3 N–H and O–H groups in total. The summed E-state index contributed by atoms with van der Waals surface area (Å²) in [6.07, 6.45) is 1.73. The summed E-state index contributed by atoms with van der Waals surface area (Å²) in [7, 11) is 0. The molecule has 0 aliphatic heterocycles. The van der Waals surface area contributed by atoms with Gasteiger partial charge in [0.15, 0.2) is 5.69 Å². The Hall–Kier alpha value is -2.82. The highest BCUT2D eigenvalue weighted by Gasteiger charge is 2.17. The Morgan fingerprint density at radius 1 is 1.21 bits per heavy atom. The minimum absolute atomic E-state index is 0.00570. The van der Waals surface area contributed by atoms with Gasteiger partial charge in [0.1, 0.15) is 5.82 Å². The Balaban J connectivity index is 2.35. The summed E-state index contributed by atoms with van der Waals surface area (Å²) in [5.74, 6) is -0.474. The lowest BCUT2D eigenvalue weighted by molar-refractivity contribution is 0.0693. The van der Waals surface area contributed by atoms with Crippen LogP contribution in [0.2, 0.25) is 0 Å². The number of aromatic carboxylic acids is 1. The monoisotopic (exact) mass is 253 g/mol. The fraction of sp³-hybridized carbons (Fsp3) is 0. The average Bonchev–Trinajstić information content (AvgIpc) is 2.78. The zero-order valence-electron chi connectivity index (χ0n) is 9.95. The number of carboxylic acid groups (broad SMARTS) is 1. The van der Waals surface area contributed by atoms with Crippen LogP contribution in [-0.2, 0) is 0 Å². The number of pyridine rings is 1. The molecule has 3 rings (SSSR count). The normalized spacial score (nSPS) is 10.7. The number of benzene rings is 1. The summed E-state index contributed by atoms with van der Waals surface area (Å²) >= 11 is 0. The summed E-state index contributed by atoms with van der Waals surface area (Å²) in [6.45, 7) is 0. The van der Waals surface area contributed by atoms with Crippen molar-refractivity contribution in [3.63, 3.8) is 0 Å². The van der Waals surface area contributed by atoms with Crippen LogP contribution in [-0.4, -0.2) is 20.5 Å². The first-order valence-electron chi connectivity index (χ1n) is 5.73. The molecule has 0 atom stereocenters. The largest absolute Gasteiger partial charge is 0.476 e. The van der Waals surface area contributed by atoms with Crippen molar-refractivity contribution in [3.8, 4) is 11.4 Å². The Morgan fingerprint density at radius 2 is 1.95 bits per heavy atom. The van der Waals surface area contributed by atoms with E-state index in [4.69, 9.17) is 5.73 Å². The Labute approximate surface area is 108 Å². The van der Waals surface area contributed by atoms with E-state index in [2.05, 4.69) is 4.98 Å². The van der Waals surface area contributed by atoms with Crippen molar-refractivity contribution < 1.29 is 9.90 Å². The highest BCUT2D eigenvalue weighted by atomic mass is 16.4. The van der Waals surface area contributed by atoms with Crippen molar-refractivity contribution in [2.45, 2.75) is 0 Å². The number of carbonyl (C=O) groups is 1. The third kappa shape index (κ3) is 1.81. The molecule has 2 aromatic heterocycles. The lowest BCUT2D eigenvalue weighted by Gasteiger charge is -2.01. The molecular formula is C14H11N3O2. The second-order valence-corrected chi connectivity index (χ2v) is 4.17. The highest BCUT2D eigenvalue weighted by molar-refractivity contribution is 5.95. The first kappa shape index (κ1) is 11.3. The fourth-order valence-electron chi connectivity index (χ4n) is 2.05. The number of hydrogen-bond acceptors (Lipinski definition) is 3. The number of imidazole rings is 1. The number of aromatic nitrogens is 2. The molecule has 5 heteroatoms. The zero-order chi connectivity index (χ0) is 13.4. The van der Waals surface area contributed by atoms with E-state index in [1.165, 1.54) is 0 Å². The third-order valence-electron chi connectivity index (χ3n) is 2.90. The van der Waals surface area contributed by atoms with E-state index < -0.39 is 5.97 Å². The molecule has 1 aromatic carbocycles. The van der Waals surface area contributed by atoms with Gasteiger partial charge in [-0.05, 0) is 12.1 Å². The number of nitrogen functional groups attached to an aromatic ring is 1. The van der Waals surface area contributed by atoms with Crippen LogP contribution >= 0.6 is 0 Å². The van der Waals surface area contributed by atoms with Crippen LogP contribution < -0.4 is 5.73 Å². The van der Waals surface area contributed by atoms with Crippen LogP contribution in [0.4, 0.5) is 5.69 Å². The Kier molecular flexibility index (Phi) is 2.45. The van der Waals surface area contributed by atoms with Crippen LogP contribution in [0, 0.1) is 0 Å². The predicted octanol–water partition coefficient (Wildman–Crippen LogP) is 2.28. The van der Waals surface area contributed by atoms with Gasteiger partial charge < -0.3 is 10.8 Å². The molecule has 3 aromatic rings. The Bertz CT molecular complexity index is 763. The number of nitrogens with zero attached hydrogens (tertiary/aromatic N) is 2. The maximum absolute atomic E-state index is 11.3. The fourth-order valence-corrected chi connectivity index (χ4v) is 2.05. The van der Waals surface area contributed by atoms with Crippen molar-refractivity contribution in [2.24, 2.45) is 0 Å². The van der Waals surface area contributed by atoms with Gasteiger partial charge in [0, 0.05) is 17.4 Å². The van der Waals surface area contributed by atoms with Gasteiger partial charge in [0.05, 0.1) is 5.52 Å². The summed E-state index contributed by atoms with van der Waals surface area (Å²) in [6, 6.07) is 12.8. The lowest BCUT2D eigenvalue weighted by Crippen LogP contribution is -1.97. The maximum atomic E-state index is 11.3. The van der Waals surface area contributed by atoms with Gasteiger partial charge in [0.25, 0.3) is 0 Å². The highest BCUT2D eigenvalue weighted by Crippen LogP contribution is 2.24. The lowest BCUT2D eigenvalue weighted by atomic mass is 10.2. The van der Waals surface area contributed by atoms with Crippen LogP contribution in [0.15, 0.2) is 48.7 Å². The smallest absolute Gasteiger partial charge is 0.356 e. The molecule has 0 aliphatic carbocycles. The molecule has 0 aliphatic rings. The van der Waals surface area contributed by atoms with Crippen molar-refractivity contribution >= 4 is 17.2 Å². The van der Waals surface area contributed by atoms with Crippen LogP contribution in [0.25, 0.3) is 16.9 Å². The van der Waals surface area contributed by atoms with Crippen molar-refractivity contribution in [1.82, 2.24) is 9.38 Å². The molecule has 94 valence electrons. The summed E-state index contributed by atoms with van der Waals surface area (Å²) in [5.41, 5.74) is 7.57. The second-order valence-electron chi connectivity index (χ2n) is 4.17. The molecule has 0 saturated heterocycles. The molecule has 0 spiro atoms. The molecule has 19 heavy (non-hydrogen) atoms. The minimum Gasteiger partial charge on any atom is -0.476 e. The quantitative estimate of drug-likeness (QED) is 0.734. The molecule has 5 nitrogen and oxygen atoms in total. The number of carboxylic acids is 1. The maximum Gasteiger partial charge on any atom is 0.356 e. The second kappa shape index (κ2) is 4.13. The van der Waals surface area contributed by atoms with Crippen LogP contribution in [0.3, 0.4) is 0 Å². The van der Waals surface area contributed by atoms with E-state index in [1.54, 1.807) is 22.7 Å². The number of fused-ring (bicyclic) bond motifs is 1. The number of rotatable bonds is 2. The van der Waals surface area contributed by atoms with Gasteiger partial charge in [-0.3, -0.25) is 4.40 Å². The van der Waals surface area contributed by atoms with Crippen molar-refractivity contribution in [1.29, 1.82) is 0 Å². The van der Waals surface area contributed by atoms with Gasteiger partial charge in [-0.1, -0.05) is 30.3 Å². The molecule has 0 radical (unpaired) electrons. The van der Waals surface area contributed by atoms with Gasteiger partial charge in [-0.2, -0.15) is 0 Å². The number of anilines is 1. The van der Waals surface area contributed by atoms with Gasteiger partial charge in [-0.15, -0.1) is 0 Å². The molecule has 0 fully saturated rings. The molecule has 0 bridgehead atoms. The van der Waals surface area contributed by atoms with E-state index in [9.17, 15) is 9.90 Å². The topological polar surface area (TPSA) is 80.6 Å². The minimum atomic E-state index is -1.06. The Morgan fingerprint density at radius 3 is 2.63 bits per heavy atom. The van der Waals surface area contributed by atoms with E-state index in [0.717, 1.165) is 5.56 Å². The number of hydrogen-bond donors (Lipinski definition) is 2. The van der Waals surface area contributed by atoms with E-state index in [-0.39, 0.29) is 5.69 Å². The van der Waals surface area contributed by atoms with E-state index >= 15 is 0 Å². The van der Waals surface area contributed by atoms with Gasteiger partial charge in [-0.25, -0.2) is 9.78 Å². The summed E-state index contributed by atoms with van der Waals surface area (Å²) in [4.78, 5) is 15.5. The first-order chi connectivity index (χ1) is 9.16. The average molecular weight is 253 g/mol. The first-order valence-corrected chi connectivity index (χ1v) is 5.73. The SMILES string of the molecule is Nc1ccn2c(-c3ccccc3)nc(C(=O)O)c2c1. The summed E-state index contributed by atoms with van der Waals surface area (Å²) in [5, 5.41) is 9.22. The molecule has 0 saturated carbocycles. The molecule has 2 heterocycles. The summed E-state index contributed by atoms with van der Waals surface area (Å²) < 4.78 is 1.73.